The number of hydrogen-bond donors (Lipinski definition) is 3. The highest BCUT2D eigenvalue weighted by atomic mass is 16.5. The van der Waals surface area contributed by atoms with Gasteiger partial charge in [-0.05, 0) is 0 Å². The van der Waals surface area contributed by atoms with Crippen LogP contribution >= 0.6 is 0 Å². The van der Waals surface area contributed by atoms with Crippen molar-refractivity contribution in [3.8, 4) is 0 Å². The van der Waals surface area contributed by atoms with Gasteiger partial charge in [0.2, 0.25) is 0 Å². The quantitative estimate of drug-likeness (QED) is 0.262. The number of rotatable bonds is 7. The molecule has 0 aromatic carbocycles. The summed E-state index contributed by atoms with van der Waals surface area (Å²) in [5.74, 6) is -0.554. The summed E-state index contributed by atoms with van der Waals surface area (Å²) < 4.78 is 4.57. The molecule has 0 spiro atoms. The van der Waals surface area contributed by atoms with Gasteiger partial charge >= 0.3 is 5.97 Å². The third kappa shape index (κ3) is 7.45. The van der Waals surface area contributed by atoms with Crippen LogP contribution in [0.1, 0.15) is 0 Å². The van der Waals surface area contributed by atoms with Crippen LogP contribution < -0.4 is 5.32 Å². The van der Waals surface area contributed by atoms with Gasteiger partial charge in [0.1, 0.15) is 12.7 Å². The van der Waals surface area contributed by atoms with Gasteiger partial charge in [0.05, 0.1) is 6.61 Å². The highest BCUT2D eigenvalue weighted by Gasteiger charge is 2.05. The molecule has 0 amide bonds. The fraction of sp³-hybridized carbons (Fsp3) is 0.625. The zero-order chi connectivity index (χ0) is 10.1. The molecule has 0 saturated carbocycles. The second-order valence-corrected chi connectivity index (χ2v) is 2.42. The highest BCUT2D eigenvalue weighted by Crippen LogP contribution is 1.85. The topological polar surface area (TPSA) is 78.8 Å². The molecule has 0 aromatic rings. The molecule has 0 heterocycles. The maximum absolute atomic E-state index is 10.5. The van der Waals surface area contributed by atoms with Crippen LogP contribution in [0.15, 0.2) is 12.7 Å². The van der Waals surface area contributed by atoms with Crippen molar-refractivity contribution in [1.82, 2.24) is 5.32 Å². The smallest absolute Gasteiger partial charge is 0.330 e. The lowest BCUT2D eigenvalue weighted by Crippen LogP contribution is -2.32. The van der Waals surface area contributed by atoms with Crippen LogP contribution in [-0.2, 0) is 9.53 Å². The summed E-state index contributed by atoms with van der Waals surface area (Å²) in [6.45, 7) is 3.85. The summed E-state index contributed by atoms with van der Waals surface area (Å²) in [6, 6.07) is 0. The number of nitrogens with one attached hydrogen (secondary N) is 1. The van der Waals surface area contributed by atoms with Gasteiger partial charge in [-0.2, -0.15) is 0 Å². The molecule has 5 heteroatoms. The minimum absolute atomic E-state index is 0.0131. The van der Waals surface area contributed by atoms with Gasteiger partial charge in [-0.3, -0.25) is 0 Å². The van der Waals surface area contributed by atoms with E-state index in [4.69, 9.17) is 10.2 Å². The number of carbonyl (C=O) groups excluding carboxylic acids is 1. The first-order valence-electron chi connectivity index (χ1n) is 3.99. The molecule has 0 aliphatic rings. The first kappa shape index (κ1) is 12.1. The van der Waals surface area contributed by atoms with Gasteiger partial charge in [0.25, 0.3) is 0 Å². The molecule has 76 valence electrons. The Morgan fingerprint density at radius 1 is 1.69 bits per heavy atom. The first-order chi connectivity index (χ1) is 6.20. The molecular weight excluding hydrogens is 174 g/mol. The molecule has 0 aromatic heterocycles. The van der Waals surface area contributed by atoms with Crippen molar-refractivity contribution in [1.29, 1.82) is 0 Å². The Morgan fingerprint density at radius 3 is 2.92 bits per heavy atom. The number of ether oxygens (including phenoxy) is 1. The molecule has 5 nitrogen and oxygen atoms in total. The Kier molecular flexibility index (Phi) is 7.18. The fourth-order valence-electron chi connectivity index (χ4n) is 0.644. The van der Waals surface area contributed by atoms with E-state index < -0.39 is 12.1 Å². The Labute approximate surface area is 77.0 Å². The first-order valence-corrected chi connectivity index (χ1v) is 3.99. The molecule has 0 fully saturated rings. The van der Waals surface area contributed by atoms with Crippen molar-refractivity contribution in [2.45, 2.75) is 6.10 Å². The Hall–Kier alpha value is -0.910. The molecule has 0 saturated heterocycles. The van der Waals surface area contributed by atoms with E-state index >= 15 is 0 Å². The number of aliphatic hydroxyl groups is 2. The normalized spacial score (nSPS) is 12.2. The molecular formula is C8H15NO4. The van der Waals surface area contributed by atoms with E-state index in [0.29, 0.717) is 6.54 Å². The van der Waals surface area contributed by atoms with E-state index in [1.54, 1.807) is 0 Å². The van der Waals surface area contributed by atoms with Gasteiger partial charge in [0, 0.05) is 19.2 Å². The second-order valence-electron chi connectivity index (χ2n) is 2.42. The van der Waals surface area contributed by atoms with Gasteiger partial charge < -0.3 is 20.3 Å². The van der Waals surface area contributed by atoms with Crippen molar-refractivity contribution < 1.29 is 19.7 Å². The van der Waals surface area contributed by atoms with Crippen LogP contribution in [0.2, 0.25) is 0 Å². The highest BCUT2D eigenvalue weighted by molar-refractivity contribution is 5.81. The zero-order valence-electron chi connectivity index (χ0n) is 7.40. The maximum Gasteiger partial charge on any atom is 0.330 e. The molecule has 0 rings (SSSR count). The van der Waals surface area contributed by atoms with E-state index in [2.05, 4.69) is 16.6 Å². The molecule has 0 radical (unpaired) electrons. The third-order valence-corrected chi connectivity index (χ3v) is 1.25. The molecule has 0 aliphatic carbocycles. The number of carbonyl (C=O) groups is 1. The molecule has 1 unspecified atom stereocenters. The van der Waals surface area contributed by atoms with Crippen molar-refractivity contribution in [3.05, 3.63) is 12.7 Å². The predicted octanol–water partition coefficient (Wildman–Crippen LogP) is -1.34. The molecule has 13 heavy (non-hydrogen) atoms. The van der Waals surface area contributed by atoms with Crippen molar-refractivity contribution in [2.75, 3.05) is 26.3 Å². The van der Waals surface area contributed by atoms with Crippen molar-refractivity contribution in [2.24, 2.45) is 0 Å². The average molecular weight is 189 g/mol. The fourth-order valence-corrected chi connectivity index (χ4v) is 0.644. The van der Waals surface area contributed by atoms with Gasteiger partial charge in [-0.1, -0.05) is 6.58 Å². The maximum atomic E-state index is 10.5. The van der Waals surface area contributed by atoms with Crippen molar-refractivity contribution >= 4 is 5.97 Å². The van der Waals surface area contributed by atoms with E-state index in [1.165, 1.54) is 0 Å². The molecule has 1 atom stereocenters. The van der Waals surface area contributed by atoms with Crippen LogP contribution in [0.25, 0.3) is 0 Å². The monoisotopic (exact) mass is 189 g/mol. The number of esters is 1. The Balaban J connectivity index is 3.34. The molecule has 3 N–H and O–H groups in total. The van der Waals surface area contributed by atoms with Gasteiger partial charge in [-0.25, -0.2) is 4.79 Å². The zero-order valence-corrected chi connectivity index (χ0v) is 7.40. The lowest BCUT2D eigenvalue weighted by Gasteiger charge is -2.10. The summed E-state index contributed by atoms with van der Waals surface area (Å²) in [7, 11) is 0. The molecule has 0 bridgehead atoms. The Bertz CT molecular complexity index is 160. The number of aliphatic hydroxyl groups excluding tert-OH is 2. The summed E-state index contributed by atoms with van der Waals surface area (Å²) >= 11 is 0. The Morgan fingerprint density at radius 2 is 2.38 bits per heavy atom. The standard InChI is InChI=1S/C8H15NO4/c1-2-8(12)13-6-7(11)5-9-3-4-10/h2,7,9-11H,1,3-6H2. The van der Waals surface area contributed by atoms with Crippen LogP contribution in [0, 0.1) is 0 Å². The van der Waals surface area contributed by atoms with Crippen molar-refractivity contribution in [3.63, 3.8) is 0 Å². The summed E-state index contributed by atoms with van der Waals surface area (Å²) in [6.07, 6.45) is 0.281. The van der Waals surface area contributed by atoms with E-state index in [-0.39, 0.29) is 19.8 Å². The summed E-state index contributed by atoms with van der Waals surface area (Å²) in [4.78, 5) is 10.5. The van der Waals surface area contributed by atoms with Crippen LogP contribution in [0.5, 0.6) is 0 Å². The molecule has 0 aliphatic heterocycles. The van der Waals surface area contributed by atoms with Crippen LogP contribution in [0.4, 0.5) is 0 Å². The van der Waals surface area contributed by atoms with E-state index in [0.717, 1.165) is 6.08 Å². The second kappa shape index (κ2) is 7.72. The van der Waals surface area contributed by atoms with Crippen LogP contribution in [-0.4, -0.2) is 48.6 Å². The summed E-state index contributed by atoms with van der Waals surface area (Å²) in [5, 5.41) is 20.3. The van der Waals surface area contributed by atoms with E-state index in [9.17, 15) is 4.79 Å². The predicted molar refractivity (Wildman–Crippen MR) is 47.1 cm³/mol. The lowest BCUT2D eigenvalue weighted by atomic mass is 10.4. The minimum atomic E-state index is -0.754. The third-order valence-electron chi connectivity index (χ3n) is 1.25. The van der Waals surface area contributed by atoms with E-state index in [1.807, 2.05) is 0 Å². The van der Waals surface area contributed by atoms with Crippen LogP contribution in [0.3, 0.4) is 0 Å². The average Bonchev–Trinajstić information content (AvgIpc) is 2.14. The number of hydrogen-bond acceptors (Lipinski definition) is 5. The lowest BCUT2D eigenvalue weighted by molar-refractivity contribution is -0.140. The van der Waals surface area contributed by atoms with Gasteiger partial charge in [-0.15, -0.1) is 0 Å². The summed E-state index contributed by atoms with van der Waals surface area (Å²) in [5.41, 5.74) is 0. The SMILES string of the molecule is C=CC(=O)OCC(O)CNCCO. The van der Waals surface area contributed by atoms with Gasteiger partial charge in [0.15, 0.2) is 0 Å². The largest absolute Gasteiger partial charge is 0.460 e. The minimum Gasteiger partial charge on any atom is -0.460 e.